The van der Waals surface area contributed by atoms with Crippen LogP contribution < -0.4 is 11.1 Å². The molecule has 1 aromatic heterocycles. The lowest BCUT2D eigenvalue weighted by Crippen LogP contribution is -2.44. The van der Waals surface area contributed by atoms with Crippen molar-refractivity contribution in [3.05, 3.63) is 35.0 Å². The third kappa shape index (κ3) is 4.62. The summed E-state index contributed by atoms with van der Waals surface area (Å²) in [6.07, 6.45) is 2.23. The summed E-state index contributed by atoms with van der Waals surface area (Å²) < 4.78 is 7.31. The summed E-state index contributed by atoms with van der Waals surface area (Å²) in [5, 5.41) is 4.65. The second-order valence-corrected chi connectivity index (χ2v) is 7.15. The first-order valence-corrected chi connectivity index (χ1v) is 8.00. The number of nitrogens with one attached hydrogen (secondary N) is 1. The molecule has 3 N–H and O–H groups in total. The minimum Gasteiger partial charge on any atom is -0.444 e. The Balaban J connectivity index is 2.15. The fourth-order valence-electron chi connectivity index (χ4n) is 2.54. The van der Waals surface area contributed by atoms with Crippen LogP contribution in [0.25, 0.3) is 10.9 Å². The largest absolute Gasteiger partial charge is 0.444 e. The van der Waals surface area contributed by atoms with Crippen molar-refractivity contribution in [3.63, 3.8) is 0 Å². The van der Waals surface area contributed by atoms with E-state index in [0.29, 0.717) is 18.0 Å². The molecule has 0 spiro atoms. The molecular weight excluding hydrogens is 314 g/mol. The van der Waals surface area contributed by atoms with Gasteiger partial charge in [-0.25, -0.2) is 4.79 Å². The van der Waals surface area contributed by atoms with Gasteiger partial charge in [0, 0.05) is 41.8 Å². The first-order chi connectivity index (χ1) is 10.7. The summed E-state index contributed by atoms with van der Waals surface area (Å²) in [5.41, 5.74) is 7.45. The number of benzene rings is 1. The van der Waals surface area contributed by atoms with Gasteiger partial charge in [0.05, 0.1) is 0 Å². The number of hydrogen-bond donors (Lipinski definition) is 2. The number of halogens is 1. The number of rotatable bonds is 4. The maximum absolute atomic E-state index is 11.9. The van der Waals surface area contributed by atoms with Gasteiger partial charge in [-0.05, 0) is 44.9 Å². The fourth-order valence-corrected chi connectivity index (χ4v) is 2.70. The van der Waals surface area contributed by atoms with Crippen molar-refractivity contribution >= 4 is 28.6 Å². The molecule has 0 aliphatic rings. The number of nitrogens with two attached hydrogens (primary N) is 1. The lowest BCUT2D eigenvalue weighted by atomic mass is 10.1. The Morgan fingerprint density at radius 1 is 1.43 bits per heavy atom. The molecule has 0 aliphatic carbocycles. The third-order valence-corrected chi connectivity index (χ3v) is 3.74. The number of alkyl carbamates (subject to hydrolysis) is 1. The monoisotopic (exact) mass is 337 g/mol. The van der Waals surface area contributed by atoms with E-state index >= 15 is 0 Å². The number of hydrogen-bond acceptors (Lipinski definition) is 3. The number of carbonyl (C=O) groups excluding carboxylic acids is 1. The van der Waals surface area contributed by atoms with Crippen LogP contribution in [0.2, 0.25) is 5.02 Å². The predicted octanol–water partition coefficient (Wildman–Crippen LogP) is 3.23. The van der Waals surface area contributed by atoms with Gasteiger partial charge in [-0.3, -0.25) is 0 Å². The zero-order valence-corrected chi connectivity index (χ0v) is 14.8. The predicted molar refractivity (Wildman–Crippen MR) is 93.8 cm³/mol. The molecule has 0 fully saturated rings. The van der Waals surface area contributed by atoms with Crippen LogP contribution >= 0.6 is 11.6 Å². The fraction of sp³-hybridized carbons (Fsp3) is 0.471. The van der Waals surface area contributed by atoms with E-state index in [4.69, 9.17) is 22.1 Å². The topological polar surface area (TPSA) is 69.3 Å². The molecule has 5 nitrogen and oxygen atoms in total. The van der Waals surface area contributed by atoms with E-state index < -0.39 is 11.7 Å². The molecule has 0 saturated carbocycles. The van der Waals surface area contributed by atoms with Crippen molar-refractivity contribution in [2.75, 3.05) is 6.54 Å². The molecule has 23 heavy (non-hydrogen) atoms. The quantitative estimate of drug-likeness (QED) is 0.900. The first-order valence-electron chi connectivity index (χ1n) is 7.62. The van der Waals surface area contributed by atoms with Crippen LogP contribution in [0.5, 0.6) is 0 Å². The summed E-state index contributed by atoms with van der Waals surface area (Å²) in [6.45, 7) is 5.83. The number of amides is 1. The highest BCUT2D eigenvalue weighted by Crippen LogP contribution is 2.25. The molecule has 0 saturated heterocycles. The maximum atomic E-state index is 11.9. The number of aromatic nitrogens is 1. The minimum atomic E-state index is -0.528. The molecule has 2 rings (SSSR count). The van der Waals surface area contributed by atoms with E-state index in [9.17, 15) is 4.79 Å². The van der Waals surface area contributed by atoms with Gasteiger partial charge in [-0.1, -0.05) is 17.7 Å². The summed E-state index contributed by atoms with van der Waals surface area (Å²) in [4.78, 5) is 11.9. The number of ether oxygens (including phenoxy) is 1. The van der Waals surface area contributed by atoms with Crippen LogP contribution in [-0.4, -0.2) is 28.8 Å². The number of nitrogens with zero attached hydrogens (tertiary/aromatic N) is 1. The van der Waals surface area contributed by atoms with Gasteiger partial charge < -0.3 is 20.4 Å². The molecular formula is C17H24ClN3O2. The summed E-state index contributed by atoms with van der Waals surface area (Å²) in [6, 6.07) is 5.60. The van der Waals surface area contributed by atoms with Gasteiger partial charge in [0.1, 0.15) is 5.60 Å². The average Bonchev–Trinajstić information content (AvgIpc) is 2.72. The third-order valence-electron chi connectivity index (χ3n) is 3.51. The van der Waals surface area contributed by atoms with Crippen molar-refractivity contribution < 1.29 is 9.53 Å². The van der Waals surface area contributed by atoms with Gasteiger partial charge in [-0.2, -0.15) is 0 Å². The van der Waals surface area contributed by atoms with E-state index in [1.807, 2.05) is 56.8 Å². The molecule has 126 valence electrons. The summed E-state index contributed by atoms with van der Waals surface area (Å²) in [7, 11) is 1.97. The molecule has 1 unspecified atom stereocenters. The van der Waals surface area contributed by atoms with Gasteiger partial charge >= 0.3 is 6.09 Å². The van der Waals surface area contributed by atoms with Gasteiger partial charge in [0.2, 0.25) is 0 Å². The van der Waals surface area contributed by atoms with Crippen LogP contribution in [0.15, 0.2) is 24.4 Å². The Morgan fingerprint density at radius 3 is 2.74 bits per heavy atom. The van der Waals surface area contributed by atoms with Crippen molar-refractivity contribution in [3.8, 4) is 0 Å². The van der Waals surface area contributed by atoms with Gasteiger partial charge in [-0.15, -0.1) is 0 Å². The van der Waals surface area contributed by atoms with Crippen LogP contribution in [0, 0.1) is 0 Å². The molecule has 1 atom stereocenters. The molecule has 1 heterocycles. The highest BCUT2D eigenvalue weighted by molar-refractivity contribution is 6.31. The van der Waals surface area contributed by atoms with Crippen LogP contribution in [-0.2, 0) is 18.2 Å². The highest BCUT2D eigenvalue weighted by Gasteiger charge is 2.20. The number of fused-ring (bicyclic) bond motifs is 1. The van der Waals surface area contributed by atoms with Crippen LogP contribution in [0.3, 0.4) is 0 Å². The van der Waals surface area contributed by atoms with Crippen molar-refractivity contribution in [2.45, 2.75) is 38.8 Å². The van der Waals surface area contributed by atoms with Crippen LogP contribution in [0.1, 0.15) is 26.3 Å². The summed E-state index contributed by atoms with van der Waals surface area (Å²) in [5.74, 6) is 0. The highest BCUT2D eigenvalue weighted by atomic mass is 35.5. The van der Waals surface area contributed by atoms with Gasteiger partial charge in [0.15, 0.2) is 0 Å². The Labute approximate surface area is 141 Å². The second-order valence-electron chi connectivity index (χ2n) is 6.71. The molecule has 0 aliphatic heterocycles. The molecule has 2 aromatic rings. The SMILES string of the molecule is Cn1cc(CC(CN)NC(=O)OC(C)(C)C)c2ccc(Cl)cc21. The minimum absolute atomic E-state index is 0.189. The van der Waals surface area contributed by atoms with E-state index in [1.54, 1.807) is 0 Å². The lowest BCUT2D eigenvalue weighted by molar-refractivity contribution is 0.0506. The van der Waals surface area contributed by atoms with E-state index in [1.165, 1.54) is 0 Å². The van der Waals surface area contributed by atoms with Crippen molar-refractivity contribution in [2.24, 2.45) is 12.8 Å². The molecule has 1 aromatic carbocycles. The smallest absolute Gasteiger partial charge is 0.407 e. The molecule has 1 amide bonds. The molecule has 0 bridgehead atoms. The standard InChI is InChI=1S/C17H24ClN3O2/c1-17(2,3)23-16(22)20-13(9-19)7-11-10-21(4)15-8-12(18)5-6-14(11)15/h5-6,8,10,13H,7,9,19H2,1-4H3,(H,20,22). The van der Waals surface area contributed by atoms with Gasteiger partial charge in [0.25, 0.3) is 0 Å². The van der Waals surface area contributed by atoms with E-state index in [-0.39, 0.29) is 6.04 Å². The zero-order chi connectivity index (χ0) is 17.2. The maximum Gasteiger partial charge on any atom is 0.407 e. The molecule has 0 radical (unpaired) electrons. The van der Waals surface area contributed by atoms with E-state index in [2.05, 4.69) is 5.32 Å². The zero-order valence-electron chi connectivity index (χ0n) is 14.0. The Morgan fingerprint density at radius 2 is 2.13 bits per heavy atom. The normalized spacial score (nSPS) is 13.1. The summed E-state index contributed by atoms with van der Waals surface area (Å²) >= 11 is 6.06. The number of aryl methyl sites for hydroxylation is 1. The second kappa shape index (κ2) is 6.81. The van der Waals surface area contributed by atoms with E-state index in [0.717, 1.165) is 16.5 Å². The average molecular weight is 338 g/mol. The van der Waals surface area contributed by atoms with Crippen LogP contribution in [0.4, 0.5) is 4.79 Å². The molecule has 6 heteroatoms. The first kappa shape index (κ1) is 17.6. The Bertz CT molecular complexity index is 704. The lowest BCUT2D eigenvalue weighted by Gasteiger charge is -2.23. The Hall–Kier alpha value is -1.72. The Kier molecular flexibility index (Phi) is 5.22. The number of carbonyl (C=O) groups is 1. The van der Waals surface area contributed by atoms with Crippen molar-refractivity contribution in [1.82, 2.24) is 9.88 Å². The van der Waals surface area contributed by atoms with Crippen molar-refractivity contribution in [1.29, 1.82) is 0 Å².